The highest BCUT2D eigenvalue weighted by atomic mass is 32.2. The maximum atomic E-state index is 2.52. The summed E-state index contributed by atoms with van der Waals surface area (Å²) in [5.74, 6) is 2.33. The first-order valence-corrected chi connectivity index (χ1v) is 52.8. The Hall–Kier alpha value is -12.9. The predicted octanol–water partition coefficient (Wildman–Crippen LogP) is 36.7. The molecule has 8 nitrogen and oxygen atoms in total. The van der Waals surface area contributed by atoms with Gasteiger partial charge in [-0.2, -0.15) is 0 Å². The number of aromatic nitrogens is 2. The minimum absolute atomic E-state index is 1.17. The summed E-state index contributed by atoms with van der Waals surface area (Å²) in [6.45, 7) is 8.90. The zero-order valence-electron chi connectivity index (χ0n) is 73.5. The maximum absolute atomic E-state index is 2.52. The van der Waals surface area contributed by atoms with Crippen LogP contribution in [0.1, 0.15) is 22.3 Å². The number of para-hydroxylation sites is 6. The molecule has 6 aromatic heterocycles. The Labute approximate surface area is 818 Å². The molecule has 0 fully saturated rings. The summed E-state index contributed by atoms with van der Waals surface area (Å²) in [7, 11) is 4.34. The lowest BCUT2D eigenvalue weighted by Crippen LogP contribution is -2.21. The van der Waals surface area contributed by atoms with Crippen LogP contribution in [-0.4, -0.2) is 9.13 Å². The van der Waals surface area contributed by atoms with Gasteiger partial charge >= 0.3 is 0 Å². The Morgan fingerprint density at radius 1 is 0.194 bits per heavy atom. The van der Waals surface area contributed by atoms with Crippen molar-refractivity contribution in [3.05, 3.63) is 429 Å². The van der Waals surface area contributed by atoms with Crippen molar-refractivity contribution in [2.45, 2.75) is 57.1 Å². The van der Waals surface area contributed by atoms with Crippen molar-refractivity contribution < 1.29 is 0 Å². The van der Waals surface area contributed by atoms with Gasteiger partial charge in [-0.25, -0.2) is 0 Å². The van der Waals surface area contributed by atoms with Gasteiger partial charge in [0.15, 0.2) is 0 Å². The monoisotopic (exact) mass is 1900 g/mol. The highest BCUT2D eigenvalue weighted by Crippen LogP contribution is 2.65. The molecule has 0 bridgehead atoms. The first-order chi connectivity index (χ1) is 65.9. The van der Waals surface area contributed by atoms with E-state index in [1.165, 1.54) is 254 Å². The Kier molecular flexibility index (Phi) is 20.2. The van der Waals surface area contributed by atoms with Crippen molar-refractivity contribution in [2.24, 2.45) is 14.1 Å². The molecule has 644 valence electrons. The van der Waals surface area contributed by atoms with Crippen molar-refractivity contribution in [1.82, 2.24) is 9.13 Å². The molecule has 0 saturated heterocycles. The lowest BCUT2D eigenvalue weighted by molar-refractivity contribution is 0.931. The van der Waals surface area contributed by atoms with Crippen molar-refractivity contribution in [1.29, 1.82) is 0 Å². The van der Waals surface area contributed by atoms with E-state index >= 15 is 0 Å². The summed E-state index contributed by atoms with van der Waals surface area (Å²) in [5, 5.41) is 20.3. The number of anilines is 12. The Balaban J connectivity index is 0.000000108. The molecule has 0 spiro atoms. The molecule has 134 heavy (non-hydrogen) atoms. The van der Waals surface area contributed by atoms with Crippen molar-refractivity contribution in [2.75, 3.05) is 29.4 Å². The molecule has 0 unspecified atom stereocenters. The van der Waals surface area contributed by atoms with Gasteiger partial charge in [0.25, 0.3) is 0 Å². The molecule has 22 aromatic rings. The van der Waals surface area contributed by atoms with E-state index < -0.39 is 0 Å². The van der Waals surface area contributed by atoms with Gasteiger partial charge in [0.1, 0.15) is 51.8 Å². The normalized spacial score (nSPS) is 15.9. The molecule has 18 heteroatoms. The minimum Gasteiger partial charge on any atom is -0.330 e. The van der Waals surface area contributed by atoms with Crippen LogP contribution in [0.4, 0.5) is 67.1 Å². The molecule has 0 N–H and O–H groups in total. The fourth-order valence-electron chi connectivity index (χ4n) is 19.3. The summed E-state index contributed by atoms with van der Waals surface area (Å²) >= 11 is 18.8. The average molecular weight is 1910 g/mol. The number of aryl methyl sites for hydroxylation is 6. The Bertz CT molecular complexity index is 8180. The van der Waals surface area contributed by atoms with Gasteiger partial charge in [-0.15, -0.1) is 45.3 Å². The summed E-state index contributed by atoms with van der Waals surface area (Å²) < 4.78 is 12.5. The van der Waals surface area contributed by atoms with Crippen LogP contribution in [0.2, 0.25) is 0 Å². The third-order valence-corrected chi connectivity index (χ3v) is 37.9. The third kappa shape index (κ3) is 13.8. The zero-order chi connectivity index (χ0) is 89.2. The van der Waals surface area contributed by atoms with E-state index in [0.717, 1.165) is 0 Å². The van der Waals surface area contributed by atoms with E-state index in [9.17, 15) is 0 Å². The molecule has 12 heterocycles. The van der Waals surface area contributed by atoms with Crippen molar-refractivity contribution in [3.63, 3.8) is 0 Å². The first kappa shape index (κ1) is 81.8. The first-order valence-electron chi connectivity index (χ1n) is 44.7. The number of hydrogen-bond donors (Lipinski definition) is 0. The summed E-state index contributed by atoms with van der Waals surface area (Å²) in [4.78, 5) is 22.6. The highest BCUT2D eigenvalue weighted by Gasteiger charge is 2.43. The second-order valence-electron chi connectivity index (χ2n) is 34.3. The SMILES string of the molecule is Cc1cc2c(cc1C)N(c1cc3ccccc3s1)/C(=C1\Sc3cc(C)c(C)cc3N1c1cc3ccccc3s1)S2.Cn1c(N2/C(=C3\Sc4ccccc4N3c3cc4ccccc4n3C)Sc3ccccc32)cc2ccccc21.c1ccc(-c2ccc3sc4ccc(N5/C(=C6\Sc7ccccc7N6c6ccc7sc8ccc(-c9ccccc9)cc8c7c6)Sc6ccccc65)cc4c3c2)cc1. The van der Waals surface area contributed by atoms with Crippen LogP contribution in [-0.2, 0) is 14.1 Å². The molecule has 6 aliphatic rings. The van der Waals surface area contributed by atoms with Gasteiger partial charge in [-0.1, -0.05) is 265 Å². The van der Waals surface area contributed by atoms with Gasteiger partial charge in [0, 0.05) is 126 Å². The Morgan fingerprint density at radius 2 is 0.500 bits per heavy atom. The largest absolute Gasteiger partial charge is 0.330 e. The van der Waals surface area contributed by atoms with Gasteiger partial charge < -0.3 is 18.9 Å². The van der Waals surface area contributed by atoms with Crippen LogP contribution in [0.3, 0.4) is 0 Å². The summed E-state index contributed by atoms with van der Waals surface area (Å²) in [5.41, 5.74) is 22.5. The molecule has 16 aromatic carbocycles. The van der Waals surface area contributed by atoms with Gasteiger partial charge in [0.05, 0.1) is 34.1 Å². The number of benzene rings is 16. The lowest BCUT2D eigenvalue weighted by Gasteiger charge is -2.27. The molecule has 0 atom stereocenters. The van der Waals surface area contributed by atoms with Crippen molar-refractivity contribution in [3.8, 4) is 22.3 Å². The number of fused-ring (bicyclic) bond motifs is 16. The van der Waals surface area contributed by atoms with E-state index in [4.69, 9.17) is 0 Å². The fourth-order valence-corrected chi connectivity index (χ4v) is 31.2. The molecular weight excluding hydrogens is 1830 g/mol. The number of nitrogens with zero attached hydrogens (tertiary/aromatic N) is 8. The number of hydrogen-bond acceptors (Lipinski definition) is 16. The van der Waals surface area contributed by atoms with E-state index in [1.54, 1.807) is 0 Å². The van der Waals surface area contributed by atoms with Crippen LogP contribution in [0.15, 0.2) is 436 Å². The molecular formula is C116H80N8S10. The quantitative estimate of drug-likeness (QED) is 0.145. The van der Waals surface area contributed by atoms with E-state index in [-0.39, 0.29) is 0 Å². The number of thiophene rings is 4. The lowest BCUT2D eigenvalue weighted by atomic mass is 10.0. The predicted molar refractivity (Wildman–Crippen MR) is 586 cm³/mol. The van der Waals surface area contributed by atoms with Crippen LogP contribution in [0.5, 0.6) is 0 Å². The molecule has 0 aliphatic carbocycles. The maximum Gasteiger partial charge on any atom is 0.119 e. The second kappa shape index (κ2) is 33.0. The molecule has 0 saturated carbocycles. The topological polar surface area (TPSA) is 29.3 Å². The Morgan fingerprint density at radius 3 is 0.888 bits per heavy atom. The van der Waals surface area contributed by atoms with Gasteiger partial charge in [0.2, 0.25) is 0 Å². The summed E-state index contributed by atoms with van der Waals surface area (Å²) in [6, 6.07) is 138. The van der Waals surface area contributed by atoms with Crippen LogP contribution < -0.4 is 29.4 Å². The molecule has 28 rings (SSSR count). The average Bonchev–Trinajstić information content (AvgIpc) is 1.58. The van der Waals surface area contributed by atoms with E-state index in [2.05, 4.69) is 456 Å². The van der Waals surface area contributed by atoms with E-state index in [0.29, 0.717) is 0 Å². The number of thioether (sulfide) groups is 6. The van der Waals surface area contributed by atoms with Crippen molar-refractivity contribution >= 4 is 265 Å². The number of rotatable bonds is 8. The van der Waals surface area contributed by atoms with Gasteiger partial charge in [-0.05, 0) is 265 Å². The van der Waals surface area contributed by atoms with Crippen LogP contribution in [0, 0.1) is 27.7 Å². The summed E-state index contributed by atoms with van der Waals surface area (Å²) in [6.07, 6.45) is 0. The van der Waals surface area contributed by atoms with E-state index in [1.807, 2.05) is 116 Å². The highest BCUT2D eigenvalue weighted by molar-refractivity contribution is 8.08. The molecule has 0 radical (unpaired) electrons. The third-order valence-electron chi connectivity index (χ3n) is 26.3. The molecule has 0 amide bonds. The van der Waals surface area contributed by atoms with Gasteiger partial charge in [-0.3, -0.25) is 19.6 Å². The minimum atomic E-state index is 1.17. The second-order valence-corrected chi connectivity index (χ2v) is 44.8. The standard InChI is InChI=1S/C50H30N2S4.C34H26N2S4.C32H24N4S2/c1-3-11-31(12-4-1)33-19-23-43-37(27-33)39-29-35(21-25-45(39)53-43)51-41-15-7-9-17-47(41)55-49(51)50-52(42-16-8-10-18-48(42)56-50)36-22-26-46-40(30-36)38-28-34(20-24-44(38)54-46)32-13-5-2-6-14-32;1-19-13-25-29(15-21(19)3)39-33(35(25)31-17-23-9-5-7-11-27(23)37-31)34-36(26-14-20(2)22(4)16-30(26)40-34)32-18-24-10-6-8-12-28(24)38-32;1-33-23-13-5-3-11-21(23)19-29(33)35-25-15-7-9-17-27(25)37-31(35)32-36(26-16-8-10-18-28(26)38-32)30-20-22-12-4-6-14-24(22)34(30)2/h1-30H;5-18H,1-4H3;3-20H,1-2H3/b50-49+;34-33+;32-31+. The van der Waals surface area contributed by atoms with Crippen LogP contribution in [0.25, 0.3) is 105 Å². The molecule has 6 aliphatic heterocycles. The smallest absolute Gasteiger partial charge is 0.119 e. The fraction of sp³-hybridized carbons (Fsp3) is 0.0517. The van der Waals surface area contributed by atoms with Crippen LogP contribution >= 0.6 is 116 Å². The zero-order valence-corrected chi connectivity index (χ0v) is 81.6.